The molecule has 1 aromatic heterocycles. The van der Waals surface area contributed by atoms with E-state index in [-0.39, 0.29) is 0 Å². The summed E-state index contributed by atoms with van der Waals surface area (Å²) in [5.41, 5.74) is 1.29. The van der Waals surface area contributed by atoms with Crippen molar-refractivity contribution in [2.24, 2.45) is 0 Å². The van der Waals surface area contributed by atoms with Gasteiger partial charge in [-0.25, -0.2) is 9.97 Å². The molecule has 0 radical (unpaired) electrons. The van der Waals surface area contributed by atoms with Crippen LogP contribution in [0, 0.1) is 0 Å². The quantitative estimate of drug-likeness (QED) is 0.823. The van der Waals surface area contributed by atoms with E-state index in [1.807, 2.05) is 0 Å². The Kier molecular flexibility index (Phi) is 6.27. The summed E-state index contributed by atoms with van der Waals surface area (Å²) in [6.45, 7) is 5.38. The van der Waals surface area contributed by atoms with Crippen molar-refractivity contribution >= 4 is 11.6 Å². The third kappa shape index (κ3) is 4.08. The minimum Gasteiger partial charge on any atom is -0.370 e. The molecule has 118 valence electrons. The van der Waals surface area contributed by atoms with Crippen molar-refractivity contribution < 1.29 is 0 Å². The van der Waals surface area contributed by atoms with Crippen molar-refractivity contribution in [1.29, 1.82) is 0 Å². The molecule has 4 nitrogen and oxygen atoms in total. The molecule has 1 fully saturated rings. The molecule has 1 aliphatic rings. The van der Waals surface area contributed by atoms with E-state index in [1.165, 1.54) is 37.7 Å². The van der Waals surface area contributed by atoms with E-state index in [2.05, 4.69) is 41.1 Å². The van der Waals surface area contributed by atoms with Gasteiger partial charge in [0.2, 0.25) is 0 Å². The lowest BCUT2D eigenvalue weighted by molar-refractivity contribution is 0.425. The second kappa shape index (κ2) is 8.20. The largest absolute Gasteiger partial charge is 0.370 e. The van der Waals surface area contributed by atoms with Crippen LogP contribution in [0.2, 0.25) is 0 Å². The van der Waals surface area contributed by atoms with E-state index < -0.39 is 0 Å². The van der Waals surface area contributed by atoms with Crippen LogP contribution in [0.3, 0.4) is 0 Å². The maximum atomic E-state index is 4.62. The highest BCUT2D eigenvalue weighted by Gasteiger charge is 2.22. The lowest BCUT2D eigenvalue weighted by Crippen LogP contribution is -2.35. The Morgan fingerprint density at radius 3 is 2.57 bits per heavy atom. The van der Waals surface area contributed by atoms with Gasteiger partial charge in [0.1, 0.15) is 18.0 Å². The van der Waals surface area contributed by atoms with Gasteiger partial charge in [-0.2, -0.15) is 0 Å². The van der Waals surface area contributed by atoms with Crippen LogP contribution in [0.1, 0.15) is 64.4 Å². The van der Waals surface area contributed by atoms with Crippen LogP contribution in [-0.2, 0) is 6.42 Å². The monoisotopic (exact) mass is 290 g/mol. The van der Waals surface area contributed by atoms with E-state index in [4.69, 9.17) is 0 Å². The SMILES string of the molecule is CCCNc1ncnc(N(C)C2CCCCC2)c1CCC. The van der Waals surface area contributed by atoms with E-state index in [1.54, 1.807) is 6.33 Å². The molecular weight excluding hydrogens is 260 g/mol. The zero-order chi connectivity index (χ0) is 15.1. The zero-order valence-electron chi connectivity index (χ0n) is 13.9. The summed E-state index contributed by atoms with van der Waals surface area (Å²) in [6, 6.07) is 0.642. The van der Waals surface area contributed by atoms with E-state index in [0.29, 0.717) is 6.04 Å². The Labute approximate surface area is 129 Å². The normalized spacial score (nSPS) is 16.0. The molecule has 1 saturated carbocycles. The summed E-state index contributed by atoms with van der Waals surface area (Å²) in [5, 5.41) is 3.47. The smallest absolute Gasteiger partial charge is 0.137 e. The molecule has 1 N–H and O–H groups in total. The Morgan fingerprint density at radius 2 is 1.90 bits per heavy atom. The fourth-order valence-corrected chi connectivity index (χ4v) is 3.22. The predicted octanol–water partition coefficient (Wildman–Crippen LogP) is 4.02. The van der Waals surface area contributed by atoms with Crippen molar-refractivity contribution in [1.82, 2.24) is 9.97 Å². The summed E-state index contributed by atoms with van der Waals surface area (Å²) in [7, 11) is 2.21. The standard InChI is InChI=1S/C17H30N4/c1-4-9-15-16(18-12-5-2)19-13-20-17(15)21(3)14-10-7-6-8-11-14/h13-14H,4-12H2,1-3H3,(H,18,19,20). The second-order valence-electron chi connectivity index (χ2n) is 6.10. The third-order valence-corrected chi connectivity index (χ3v) is 4.42. The molecule has 1 aliphatic carbocycles. The van der Waals surface area contributed by atoms with Gasteiger partial charge in [0.15, 0.2) is 0 Å². The van der Waals surface area contributed by atoms with Crippen LogP contribution in [0.4, 0.5) is 11.6 Å². The summed E-state index contributed by atoms with van der Waals surface area (Å²) in [6.07, 6.45) is 11.7. The number of hydrogen-bond donors (Lipinski definition) is 1. The average molecular weight is 290 g/mol. The third-order valence-electron chi connectivity index (χ3n) is 4.42. The van der Waals surface area contributed by atoms with Crippen molar-refractivity contribution in [3.63, 3.8) is 0 Å². The van der Waals surface area contributed by atoms with E-state index in [0.717, 1.165) is 37.4 Å². The van der Waals surface area contributed by atoms with E-state index >= 15 is 0 Å². The molecule has 2 rings (SSSR count). The van der Waals surface area contributed by atoms with Gasteiger partial charge in [0.05, 0.1) is 0 Å². The molecule has 0 saturated heterocycles. The first kappa shape index (κ1) is 16.1. The molecule has 0 bridgehead atoms. The number of hydrogen-bond acceptors (Lipinski definition) is 4. The highest BCUT2D eigenvalue weighted by Crippen LogP contribution is 2.30. The Balaban J connectivity index is 2.23. The summed E-state index contributed by atoms with van der Waals surface area (Å²) >= 11 is 0. The van der Waals surface area contributed by atoms with E-state index in [9.17, 15) is 0 Å². The number of nitrogens with one attached hydrogen (secondary N) is 1. The molecule has 21 heavy (non-hydrogen) atoms. The fraction of sp³-hybridized carbons (Fsp3) is 0.765. The molecular formula is C17H30N4. The minimum atomic E-state index is 0.642. The first-order valence-corrected chi connectivity index (χ1v) is 8.58. The minimum absolute atomic E-state index is 0.642. The van der Waals surface area contributed by atoms with Gasteiger partial charge in [-0.15, -0.1) is 0 Å². The van der Waals surface area contributed by atoms with Gasteiger partial charge < -0.3 is 10.2 Å². The van der Waals surface area contributed by atoms with Gasteiger partial charge in [0, 0.05) is 25.2 Å². The van der Waals surface area contributed by atoms with Crippen LogP contribution in [0.15, 0.2) is 6.33 Å². The lowest BCUT2D eigenvalue weighted by atomic mass is 9.94. The molecule has 0 spiro atoms. The highest BCUT2D eigenvalue weighted by atomic mass is 15.2. The van der Waals surface area contributed by atoms with Crippen LogP contribution in [0.25, 0.3) is 0 Å². The van der Waals surface area contributed by atoms with Gasteiger partial charge in [-0.05, 0) is 25.7 Å². The zero-order valence-corrected chi connectivity index (χ0v) is 13.9. The molecule has 0 amide bonds. The second-order valence-corrected chi connectivity index (χ2v) is 6.10. The van der Waals surface area contributed by atoms with Crippen molar-refractivity contribution in [3.8, 4) is 0 Å². The molecule has 0 aliphatic heterocycles. The van der Waals surface area contributed by atoms with Crippen molar-refractivity contribution in [3.05, 3.63) is 11.9 Å². The molecule has 0 atom stereocenters. The number of anilines is 2. The van der Waals surface area contributed by atoms with Gasteiger partial charge in [-0.3, -0.25) is 0 Å². The number of rotatable bonds is 7. The molecule has 4 heteroatoms. The van der Waals surface area contributed by atoms with Crippen molar-refractivity contribution in [2.45, 2.75) is 71.3 Å². The van der Waals surface area contributed by atoms with Crippen LogP contribution < -0.4 is 10.2 Å². The first-order chi connectivity index (χ1) is 10.3. The van der Waals surface area contributed by atoms with Crippen LogP contribution >= 0.6 is 0 Å². The summed E-state index contributed by atoms with van der Waals surface area (Å²) in [4.78, 5) is 11.5. The topological polar surface area (TPSA) is 41.1 Å². The number of nitrogens with zero attached hydrogens (tertiary/aromatic N) is 3. The van der Waals surface area contributed by atoms with Crippen molar-refractivity contribution in [2.75, 3.05) is 23.8 Å². The predicted molar refractivity (Wildman–Crippen MR) is 90.1 cm³/mol. The highest BCUT2D eigenvalue weighted by molar-refractivity contribution is 5.59. The Bertz CT molecular complexity index is 427. The van der Waals surface area contributed by atoms with Crippen LogP contribution in [0.5, 0.6) is 0 Å². The average Bonchev–Trinajstić information content (AvgIpc) is 2.54. The van der Waals surface area contributed by atoms with Gasteiger partial charge >= 0.3 is 0 Å². The molecule has 0 aromatic carbocycles. The summed E-state index contributed by atoms with van der Waals surface area (Å²) in [5.74, 6) is 2.17. The number of aromatic nitrogens is 2. The first-order valence-electron chi connectivity index (χ1n) is 8.58. The van der Waals surface area contributed by atoms with Gasteiger partial charge in [0.25, 0.3) is 0 Å². The molecule has 1 aromatic rings. The Hall–Kier alpha value is -1.32. The molecule has 0 unspecified atom stereocenters. The summed E-state index contributed by atoms with van der Waals surface area (Å²) < 4.78 is 0. The van der Waals surface area contributed by atoms with Crippen LogP contribution in [-0.4, -0.2) is 29.6 Å². The maximum Gasteiger partial charge on any atom is 0.137 e. The molecule has 1 heterocycles. The fourth-order valence-electron chi connectivity index (χ4n) is 3.22. The maximum absolute atomic E-state index is 4.62. The lowest BCUT2D eigenvalue weighted by Gasteiger charge is -2.33. The Morgan fingerprint density at radius 1 is 1.14 bits per heavy atom. The van der Waals surface area contributed by atoms with Gasteiger partial charge in [-0.1, -0.05) is 39.5 Å².